The minimum atomic E-state index is 0.0494. The minimum absolute atomic E-state index is 0.0494. The molecule has 2 nitrogen and oxygen atoms in total. The summed E-state index contributed by atoms with van der Waals surface area (Å²) < 4.78 is 0. The summed E-state index contributed by atoms with van der Waals surface area (Å²) in [6.45, 7) is 7.33. The Labute approximate surface area is 116 Å². The van der Waals surface area contributed by atoms with E-state index in [9.17, 15) is 0 Å². The molecule has 1 rings (SSSR count). The lowest BCUT2D eigenvalue weighted by Crippen LogP contribution is -2.50. The molecule has 102 valence electrons. The Kier molecular flexibility index (Phi) is 5.64. The van der Waals surface area contributed by atoms with E-state index in [-0.39, 0.29) is 5.54 Å². The molecule has 0 saturated carbocycles. The van der Waals surface area contributed by atoms with E-state index in [1.807, 2.05) is 12.1 Å². The summed E-state index contributed by atoms with van der Waals surface area (Å²) >= 11 is 5.93. The van der Waals surface area contributed by atoms with E-state index in [1.54, 1.807) is 0 Å². The Morgan fingerprint density at radius 3 is 2.33 bits per heavy atom. The van der Waals surface area contributed by atoms with E-state index < -0.39 is 0 Å². The maximum atomic E-state index is 5.97. The lowest BCUT2D eigenvalue weighted by molar-refractivity contribution is 0.0910. The molecule has 18 heavy (non-hydrogen) atoms. The fourth-order valence-electron chi connectivity index (χ4n) is 2.39. The standard InChI is InChI=1S/C15H25ClN2/c1-5-10-15(3,11-17)18(4)12(2)13-6-8-14(16)9-7-13/h6-9,12H,5,10-11,17H2,1-4H3. The van der Waals surface area contributed by atoms with Gasteiger partial charge >= 0.3 is 0 Å². The summed E-state index contributed by atoms with van der Waals surface area (Å²) in [7, 11) is 2.15. The topological polar surface area (TPSA) is 29.3 Å². The molecular formula is C15H25ClN2. The maximum absolute atomic E-state index is 5.97. The van der Waals surface area contributed by atoms with Gasteiger partial charge in [0.15, 0.2) is 0 Å². The van der Waals surface area contributed by atoms with Crippen LogP contribution in [0, 0.1) is 0 Å². The first-order valence-corrected chi connectivity index (χ1v) is 7.01. The quantitative estimate of drug-likeness (QED) is 0.849. The molecule has 0 fully saturated rings. The molecule has 0 aliphatic rings. The van der Waals surface area contributed by atoms with Crippen LogP contribution in [0.1, 0.15) is 45.2 Å². The highest BCUT2D eigenvalue weighted by Gasteiger charge is 2.30. The van der Waals surface area contributed by atoms with Gasteiger partial charge in [0.05, 0.1) is 0 Å². The molecular weight excluding hydrogens is 244 g/mol. The molecule has 2 unspecified atom stereocenters. The van der Waals surface area contributed by atoms with Crippen LogP contribution in [0.4, 0.5) is 0 Å². The Morgan fingerprint density at radius 2 is 1.89 bits per heavy atom. The molecule has 0 heterocycles. The van der Waals surface area contributed by atoms with Crippen molar-refractivity contribution < 1.29 is 0 Å². The molecule has 0 aromatic heterocycles. The van der Waals surface area contributed by atoms with Crippen molar-refractivity contribution in [3.05, 3.63) is 34.9 Å². The number of nitrogens with zero attached hydrogens (tertiary/aromatic N) is 1. The molecule has 2 N–H and O–H groups in total. The van der Waals surface area contributed by atoms with Gasteiger partial charge < -0.3 is 5.73 Å². The van der Waals surface area contributed by atoms with Crippen molar-refractivity contribution in [1.29, 1.82) is 0 Å². The van der Waals surface area contributed by atoms with Crippen LogP contribution in [0.3, 0.4) is 0 Å². The minimum Gasteiger partial charge on any atom is -0.329 e. The second-order valence-corrected chi connectivity index (χ2v) is 5.73. The third kappa shape index (κ3) is 3.47. The second-order valence-electron chi connectivity index (χ2n) is 5.29. The highest BCUT2D eigenvalue weighted by atomic mass is 35.5. The molecule has 1 aromatic carbocycles. The van der Waals surface area contributed by atoms with Gasteiger partial charge in [0, 0.05) is 23.1 Å². The zero-order valence-electron chi connectivity index (χ0n) is 11.9. The number of rotatable bonds is 6. The van der Waals surface area contributed by atoms with E-state index in [2.05, 4.69) is 44.9 Å². The predicted octanol–water partition coefficient (Wildman–Crippen LogP) is 3.85. The van der Waals surface area contributed by atoms with Gasteiger partial charge in [0.25, 0.3) is 0 Å². The third-order valence-corrected chi connectivity index (χ3v) is 4.27. The van der Waals surface area contributed by atoms with E-state index in [0.717, 1.165) is 17.9 Å². The monoisotopic (exact) mass is 268 g/mol. The van der Waals surface area contributed by atoms with E-state index in [0.29, 0.717) is 12.6 Å². The number of benzene rings is 1. The van der Waals surface area contributed by atoms with Crippen LogP contribution in [0.25, 0.3) is 0 Å². The summed E-state index contributed by atoms with van der Waals surface area (Å²) in [5.74, 6) is 0. The van der Waals surface area contributed by atoms with Crippen LogP contribution in [-0.4, -0.2) is 24.0 Å². The van der Waals surface area contributed by atoms with Gasteiger partial charge in [0.1, 0.15) is 0 Å². The van der Waals surface area contributed by atoms with Crippen molar-refractivity contribution in [2.24, 2.45) is 5.73 Å². The smallest absolute Gasteiger partial charge is 0.0406 e. The average molecular weight is 269 g/mol. The van der Waals surface area contributed by atoms with Gasteiger partial charge in [-0.3, -0.25) is 4.90 Å². The zero-order chi connectivity index (χ0) is 13.8. The van der Waals surface area contributed by atoms with Gasteiger partial charge in [-0.05, 0) is 45.0 Å². The Hall–Kier alpha value is -0.570. The molecule has 0 amide bonds. The zero-order valence-corrected chi connectivity index (χ0v) is 12.7. The summed E-state index contributed by atoms with van der Waals surface area (Å²) in [5, 5.41) is 0.781. The molecule has 3 heteroatoms. The van der Waals surface area contributed by atoms with Crippen molar-refractivity contribution in [3.63, 3.8) is 0 Å². The first-order chi connectivity index (χ1) is 8.44. The van der Waals surface area contributed by atoms with Gasteiger partial charge in [-0.15, -0.1) is 0 Å². The molecule has 0 radical (unpaired) electrons. The normalized spacial score (nSPS) is 16.6. The number of nitrogens with two attached hydrogens (primary N) is 1. The van der Waals surface area contributed by atoms with Crippen molar-refractivity contribution in [3.8, 4) is 0 Å². The Balaban J connectivity index is 2.88. The fourth-order valence-corrected chi connectivity index (χ4v) is 2.52. The number of hydrogen-bond donors (Lipinski definition) is 1. The molecule has 0 saturated heterocycles. The molecule has 2 atom stereocenters. The lowest BCUT2D eigenvalue weighted by atomic mass is 9.91. The predicted molar refractivity (Wildman–Crippen MR) is 80.0 cm³/mol. The Bertz CT molecular complexity index is 363. The molecule has 0 bridgehead atoms. The van der Waals surface area contributed by atoms with Gasteiger partial charge in [-0.25, -0.2) is 0 Å². The number of likely N-dealkylation sites (N-methyl/N-ethyl adjacent to an activating group) is 1. The highest BCUT2D eigenvalue weighted by molar-refractivity contribution is 6.30. The van der Waals surface area contributed by atoms with Crippen molar-refractivity contribution in [1.82, 2.24) is 4.90 Å². The van der Waals surface area contributed by atoms with Gasteiger partial charge in [-0.2, -0.15) is 0 Å². The maximum Gasteiger partial charge on any atom is 0.0406 e. The first-order valence-electron chi connectivity index (χ1n) is 6.63. The lowest BCUT2D eigenvalue weighted by Gasteiger charge is -2.42. The van der Waals surface area contributed by atoms with Crippen molar-refractivity contribution >= 4 is 11.6 Å². The van der Waals surface area contributed by atoms with E-state index >= 15 is 0 Å². The Morgan fingerprint density at radius 1 is 1.33 bits per heavy atom. The first kappa shape index (κ1) is 15.5. The number of halogens is 1. The molecule has 0 spiro atoms. The summed E-state index contributed by atoms with van der Waals surface area (Å²) in [4.78, 5) is 2.37. The van der Waals surface area contributed by atoms with Crippen LogP contribution in [0.15, 0.2) is 24.3 Å². The van der Waals surface area contributed by atoms with E-state index in [1.165, 1.54) is 5.56 Å². The molecule has 0 aliphatic heterocycles. The van der Waals surface area contributed by atoms with Crippen molar-refractivity contribution in [2.75, 3.05) is 13.6 Å². The number of hydrogen-bond acceptors (Lipinski definition) is 2. The SMILES string of the molecule is CCCC(C)(CN)N(C)C(C)c1ccc(Cl)cc1. The van der Waals surface area contributed by atoms with Crippen LogP contribution in [0.5, 0.6) is 0 Å². The summed E-state index contributed by atoms with van der Waals surface area (Å²) in [6.07, 6.45) is 2.25. The second kappa shape index (κ2) is 6.55. The fraction of sp³-hybridized carbons (Fsp3) is 0.600. The van der Waals surface area contributed by atoms with Gasteiger partial charge in [0.2, 0.25) is 0 Å². The van der Waals surface area contributed by atoms with Crippen LogP contribution >= 0.6 is 11.6 Å². The highest BCUT2D eigenvalue weighted by Crippen LogP contribution is 2.29. The third-order valence-electron chi connectivity index (χ3n) is 4.01. The van der Waals surface area contributed by atoms with Crippen LogP contribution in [0.2, 0.25) is 5.02 Å². The van der Waals surface area contributed by atoms with Crippen LogP contribution < -0.4 is 5.73 Å². The average Bonchev–Trinajstić information content (AvgIpc) is 2.38. The van der Waals surface area contributed by atoms with E-state index in [4.69, 9.17) is 17.3 Å². The summed E-state index contributed by atoms with van der Waals surface area (Å²) in [6, 6.07) is 8.41. The van der Waals surface area contributed by atoms with Crippen molar-refractivity contribution in [2.45, 2.75) is 45.2 Å². The van der Waals surface area contributed by atoms with Gasteiger partial charge in [-0.1, -0.05) is 37.1 Å². The summed E-state index contributed by atoms with van der Waals surface area (Å²) in [5.41, 5.74) is 7.30. The molecule has 0 aliphatic carbocycles. The largest absolute Gasteiger partial charge is 0.329 e. The van der Waals surface area contributed by atoms with Crippen LogP contribution in [-0.2, 0) is 0 Å². The molecule has 1 aromatic rings.